The van der Waals surface area contributed by atoms with Gasteiger partial charge in [-0.1, -0.05) is 0 Å². The number of rotatable bonds is 5. The zero-order valence-corrected chi connectivity index (χ0v) is 12.8. The molecule has 1 heterocycles. The number of hydrogen-bond acceptors (Lipinski definition) is 3. The number of methoxy groups -OCH3 is 1. The molecular weight excluding hydrogens is 252 g/mol. The summed E-state index contributed by atoms with van der Waals surface area (Å²) in [4.78, 5) is 0. The first-order valence-corrected chi connectivity index (χ1v) is 7.56. The molecule has 0 bridgehead atoms. The topological polar surface area (TPSA) is 38.7 Å². The SMILES string of the molecule is COc1c(C)cc(C(O)CCC2CCCCO2)cc1C. The maximum absolute atomic E-state index is 10.4. The first kappa shape index (κ1) is 15.3. The third-order valence-corrected chi connectivity index (χ3v) is 4.11. The Morgan fingerprint density at radius 1 is 1.30 bits per heavy atom. The maximum atomic E-state index is 10.4. The summed E-state index contributed by atoms with van der Waals surface area (Å²) >= 11 is 0. The van der Waals surface area contributed by atoms with Gasteiger partial charge >= 0.3 is 0 Å². The van der Waals surface area contributed by atoms with Gasteiger partial charge < -0.3 is 14.6 Å². The van der Waals surface area contributed by atoms with E-state index in [0.717, 1.165) is 48.3 Å². The van der Waals surface area contributed by atoms with Crippen LogP contribution in [0.2, 0.25) is 0 Å². The highest BCUT2D eigenvalue weighted by molar-refractivity contribution is 5.43. The van der Waals surface area contributed by atoms with E-state index in [9.17, 15) is 5.11 Å². The van der Waals surface area contributed by atoms with Crippen LogP contribution in [0.1, 0.15) is 54.9 Å². The lowest BCUT2D eigenvalue weighted by Crippen LogP contribution is -2.19. The zero-order valence-electron chi connectivity index (χ0n) is 12.8. The summed E-state index contributed by atoms with van der Waals surface area (Å²) in [6.45, 7) is 4.92. The van der Waals surface area contributed by atoms with Gasteiger partial charge in [0.25, 0.3) is 0 Å². The molecule has 3 heteroatoms. The van der Waals surface area contributed by atoms with Crippen LogP contribution < -0.4 is 4.74 Å². The second-order valence-corrected chi connectivity index (χ2v) is 5.77. The average Bonchev–Trinajstić information content (AvgIpc) is 2.45. The minimum atomic E-state index is -0.413. The number of hydrogen-bond donors (Lipinski definition) is 1. The van der Waals surface area contributed by atoms with Gasteiger partial charge in [-0.05, 0) is 74.8 Å². The maximum Gasteiger partial charge on any atom is 0.124 e. The quantitative estimate of drug-likeness (QED) is 0.892. The highest BCUT2D eigenvalue weighted by atomic mass is 16.5. The largest absolute Gasteiger partial charge is 0.496 e. The smallest absolute Gasteiger partial charge is 0.124 e. The van der Waals surface area contributed by atoms with Crippen molar-refractivity contribution in [2.24, 2.45) is 0 Å². The normalized spacial score (nSPS) is 20.7. The summed E-state index contributed by atoms with van der Waals surface area (Å²) in [6.07, 6.45) is 5.18. The van der Waals surface area contributed by atoms with E-state index >= 15 is 0 Å². The van der Waals surface area contributed by atoms with Crippen molar-refractivity contribution in [1.82, 2.24) is 0 Å². The van der Waals surface area contributed by atoms with E-state index in [4.69, 9.17) is 9.47 Å². The Morgan fingerprint density at radius 2 is 2.00 bits per heavy atom. The monoisotopic (exact) mass is 278 g/mol. The summed E-state index contributed by atoms with van der Waals surface area (Å²) in [5.41, 5.74) is 3.14. The molecule has 1 aromatic rings. The van der Waals surface area contributed by atoms with Gasteiger partial charge in [0, 0.05) is 6.61 Å². The molecular formula is C17H26O3. The molecule has 2 unspecified atom stereocenters. The first-order valence-electron chi connectivity index (χ1n) is 7.56. The van der Waals surface area contributed by atoms with Crippen LogP contribution in [-0.2, 0) is 4.74 Å². The molecule has 0 radical (unpaired) electrons. The van der Waals surface area contributed by atoms with Crippen molar-refractivity contribution in [3.63, 3.8) is 0 Å². The number of aliphatic hydroxyl groups excluding tert-OH is 1. The van der Waals surface area contributed by atoms with Crippen LogP contribution in [0, 0.1) is 13.8 Å². The first-order chi connectivity index (χ1) is 9.61. The Labute approximate surface area is 121 Å². The Bertz CT molecular complexity index is 413. The third kappa shape index (κ3) is 3.74. The van der Waals surface area contributed by atoms with Crippen LogP contribution in [0.15, 0.2) is 12.1 Å². The number of ether oxygens (including phenoxy) is 2. The van der Waals surface area contributed by atoms with Crippen molar-refractivity contribution < 1.29 is 14.6 Å². The number of aliphatic hydroxyl groups is 1. The summed E-state index contributed by atoms with van der Waals surface area (Å²) < 4.78 is 11.1. The summed E-state index contributed by atoms with van der Waals surface area (Å²) in [7, 11) is 1.69. The Morgan fingerprint density at radius 3 is 2.55 bits per heavy atom. The van der Waals surface area contributed by atoms with Crippen molar-refractivity contribution in [2.45, 2.75) is 58.2 Å². The van der Waals surface area contributed by atoms with Crippen molar-refractivity contribution in [3.05, 3.63) is 28.8 Å². The van der Waals surface area contributed by atoms with Gasteiger partial charge in [-0.15, -0.1) is 0 Å². The van der Waals surface area contributed by atoms with Crippen LogP contribution in [0.5, 0.6) is 5.75 Å². The van der Waals surface area contributed by atoms with Crippen molar-refractivity contribution >= 4 is 0 Å². The van der Waals surface area contributed by atoms with E-state index < -0.39 is 6.10 Å². The van der Waals surface area contributed by atoms with Crippen LogP contribution in [0.25, 0.3) is 0 Å². The fourth-order valence-electron chi connectivity index (χ4n) is 3.04. The van der Waals surface area contributed by atoms with Gasteiger partial charge in [-0.3, -0.25) is 0 Å². The van der Waals surface area contributed by atoms with Gasteiger partial charge in [-0.25, -0.2) is 0 Å². The highest BCUT2D eigenvalue weighted by Gasteiger charge is 2.17. The van der Waals surface area contributed by atoms with Crippen molar-refractivity contribution in [2.75, 3.05) is 13.7 Å². The fourth-order valence-corrected chi connectivity index (χ4v) is 3.04. The van der Waals surface area contributed by atoms with Crippen LogP contribution >= 0.6 is 0 Å². The molecule has 112 valence electrons. The third-order valence-electron chi connectivity index (χ3n) is 4.11. The fraction of sp³-hybridized carbons (Fsp3) is 0.647. The minimum absolute atomic E-state index is 0.332. The van der Waals surface area contributed by atoms with Gasteiger partial charge in [0.2, 0.25) is 0 Å². The van der Waals surface area contributed by atoms with E-state index in [-0.39, 0.29) is 0 Å². The average molecular weight is 278 g/mol. The lowest BCUT2D eigenvalue weighted by Gasteiger charge is -2.24. The Balaban J connectivity index is 1.96. The molecule has 1 fully saturated rings. The van der Waals surface area contributed by atoms with Crippen LogP contribution in [0.4, 0.5) is 0 Å². The highest BCUT2D eigenvalue weighted by Crippen LogP contribution is 2.30. The van der Waals surface area contributed by atoms with E-state index in [2.05, 4.69) is 0 Å². The molecule has 3 nitrogen and oxygen atoms in total. The van der Waals surface area contributed by atoms with E-state index in [1.807, 2.05) is 26.0 Å². The van der Waals surface area contributed by atoms with E-state index in [1.54, 1.807) is 7.11 Å². The summed E-state index contributed by atoms with van der Waals surface area (Å²) in [6, 6.07) is 4.05. The lowest BCUT2D eigenvalue weighted by molar-refractivity contribution is 0.00212. The lowest BCUT2D eigenvalue weighted by atomic mass is 9.96. The van der Waals surface area contributed by atoms with E-state index in [1.165, 1.54) is 12.8 Å². The molecule has 20 heavy (non-hydrogen) atoms. The summed E-state index contributed by atoms with van der Waals surface area (Å²) in [5.74, 6) is 0.913. The molecule has 0 amide bonds. The molecule has 2 atom stereocenters. The molecule has 1 saturated heterocycles. The van der Waals surface area contributed by atoms with Crippen molar-refractivity contribution in [3.8, 4) is 5.75 Å². The molecule has 1 aromatic carbocycles. The minimum Gasteiger partial charge on any atom is -0.496 e. The second-order valence-electron chi connectivity index (χ2n) is 5.77. The van der Waals surface area contributed by atoms with Gasteiger partial charge in [-0.2, -0.15) is 0 Å². The molecule has 1 aliphatic rings. The Hall–Kier alpha value is -1.06. The molecule has 2 rings (SSSR count). The molecule has 0 aliphatic carbocycles. The molecule has 0 aromatic heterocycles. The van der Waals surface area contributed by atoms with E-state index in [0.29, 0.717) is 6.10 Å². The van der Waals surface area contributed by atoms with Crippen LogP contribution in [0.3, 0.4) is 0 Å². The molecule has 0 spiro atoms. The number of aryl methyl sites for hydroxylation is 2. The van der Waals surface area contributed by atoms with Crippen LogP contribution in [-0.4, -0.2) is 24.9 Å². The van der Waals surface area contributed by atoms with Gasteiger partial charge in [0.05, 0.1) is 19.3 Å². The van der Waals surface area contributed by atoms with Crippen molar-refractivity contribution in [1.29, 1.82) is 0 Å². The molecule has 1 aliphatic heterocycles. The summed E-state index contributed by atoms with van der Waals surface area (Å²) in [5, 5.41) is 10.4. The molecule has 0 saturated carbocycles. The number of benzene rings is 1. The second kappa shape index (κ2) is 7.09. The standard InChI is InChI=1S/C17H26O3/c1-12-10-14(11-13(2)17(12)19-3)16(18)8-7-15-6-4-5-9-20-15/h10-11,15-16,18H,4-9H2,1-3H3. The predicted octanol–water partition coefficient (Wildman–Crippen LogP) is 3.69. The van der Waals surface area contributed by atoms with Gasteiger partial charge in [0.15, 0.2) is 0 Å². The Kier molecular flexibility index (Phi) is 5.44. The molecule has 1 N–H and O–H groups in total. The predicted molar refractivity (Wildman–Crippen MR) is 80.3 cm³/mol. The zero-order chi connectivity index (χ0) is 14.5. The van der Waals surface area contributed by atoms with Gasteiger partial charge in [0.1, 0.15) is 5.75 Å².